The second-order valence-electron chi connectivity index (χ2n) is 5.72. The third-order valence-corrected chi connectivity index (χ3v) is 5.60. The zero-order valence-electron chi connectivity index (χ0n) is 13.0. The number of hydrogen-bond acceptors (Lipinski definition) is 5. The molecule has 0 bridgehead atoms. The lowest BCUT2D eigenvalue weighted by atomic mass is 9.96. The van der Waals surface area contributed by atoms with Gasteiger partial charge in [0, 0.05) is 45.2 Å². The third kappa shape index (κ3) is 3.89. The fourth-order valence-corrected chi connectivity index (χ4v) is 3.81. The number of piperazine rings is 1. The van der Waals surface area contributed by atoms with Crippen LogP contribution < -0.4 is 0 Å². The minimum absolute atomic E-state index is 0.0673. The second-order valence-corrected chi connectivity index (χ2v) is 7.70. The monoisotopic (exact) mass is 333 g/mol. The number of ether oxygens (including phenoxy) is 1. The van der Waals surface area contributed by atoms with Crippen LogP contribution in [0.1, 0.15) is 12.8 Å². The molecule has 0 radical (unpaired) electrons. The summed E-state index contributed by atoms with van der Waals surface area (Å²) in [7, 11) is -1.83. The van der Waals surface area contributed by atoms with Crippen LogP contribution in [-0.2, 0) is 19.6 Å². The number of hydrogen-bond donors (Lipinski definition) is 0. The molecule has 0 atom stereocenters. The molecule has 0 N–H and O–H groups in total. The Hall–Kier alpha value is -1.35. The van der Waals surface area contributed by atoms with Gasteiger partial charge in [0.1, 0.15) is 0 Å². The molecule has 0 unspecified atom stereocenters. The Kier molecular flexibility index (Phi) is 5.28. The van der Waals surface area contributed by atoms with Gasteiger partial charge in [-0.3, -0.25) is 4.79 Å². The first kappa shape index (κ1) is 17.0. The Morgan fingerprint density at radius 2 is 1.45 bits per heavy atom. The Balaban J connectivity index is 1.83. The van der Waals surface area contributed by atoms with Gasteiger partial charge in [-0.2, -0.15) is 0 Å². The number of amides is 2. The van der Waals surface area contributed by atoms with E-state index in [9.17, 15) is 18.0 Å². The van der Waals surface area contributed by atoms with Crippen molar-refractivity contribution < 1.29 is 22.7 Å². The summed E-state index contributed by atoms with van der Waals surface area (Å²) in [6.45, 7) is 2.75. The lowest BCUT2D eigenvalue weighted by molar-refractivity contribution is -0.138. The van der Waals surface area contributed by atoms with Crippen LogP contribution in [0.3, 0.4) is 0 Å². The molecule has 2 aliphatic rings. The predicted molar refractivity (Wildman–Crippen MR) is 79.7 cm³/mol. The van der Waals surface area contributed by atoms with Crippen LogP contribution in [0, 0.1) is 5.92 Å². The number of rotatable bonds is 2. The van der Waals surface area contributed by atoms with E-state index in [1.54, 1.807) is 9.80 Å². The van der Waals surface area contributed by atoms with Crippen molar-refractivity contribution in [3.63, 3.8) is 0 Å². The van der Waals surface area contributed by atoms with E-state index in [1.807, 2.05) is 0 Å². The molecule has 0 spiro atoms. The highest BCUT2D eigenvalue weighted by atomic mass is 32.2. The van der Waals surface area contributed by atoms with Crippen molar-refractivity contribution >= 4 is 22.0 Å². The zero-order chi connectivity index (χ0) is 16.3. The lowest BCUT2D eigenvalue weighted by Crippen LogP contribution is -2.53. The van der Waals surface area contributed by atoms with Crippen LogP contribution >= 0.6 is 0 Å². The molecule has 0 saturated carbocycles. The molecular formula is C13H23N3O5S. The van der Waals surface area contributed by atoms with Crippen molar-refractivity contribution in [2.45, 2.75) is 12.8 Å². The predicted octanol–water partition coefficient (Wildman–Crippen LogP) is -0.431. The molecule has 2 amide bonds. The molecule has 2 rings (SSSR count). The largest absolute Gasteiger partial charge is 0.453 e. The first-order chi connectivity index (χ1) is 10.3. The van der Waals surface area contributed by atoms with Gasteiger partial charge in [0.25, 0.3) is 0 Å². The summed E-state index contributed by atoms with van der Waals surface area (Å²) < 4.78 is 29.0. The summed E-state index contributed by atoms with van der Waals surface area (Å²) in [5.41, 5.74) is 0. The number of piperidine rings is 1. The summed E-state index contributed by atoms with van der Waals surface area (Å²) >= 11 is 0. The van der Waals surface area contributed by atoms with Gasteiger partial charge in [0.05, 0.1) is 13.4 Å². The zero-order valence-corrected chi connectivity index (χ0v) is 13.8. The average Bonchev–Trinajstić information content (AvgIpc) is 2.53. The Labute approximate surface area is 131 Å². The molecule has 0 aromatic heterocycles. The summed E-state index contributed by atoms with van der Waals surface area (Å²) in [6.07, 6.45) is 1.95. The molecule has 0 aliphatic carbocycles. The number of nitrogens with zero attached hydrogens (tertiary/aromatic N) is 3. The molecule has 9 heteroatoms. The van der Waals surface area contributed by atoms with Gasteiger partial charge in [-0.05, 0) is 12.8 Å². The first-order valence-corrected chi connectivity index (χ1v) is 9.24. The number of sulfonamides is 1. The van der Waals surface area contributed by atoms with Crippen molar-refractivity contribution in [3.05, 3.63) is 0 Å². The van der Waals surface area contributed by atoms with Gasteiger partial charge in [-0.1, -0.05) is 0 Å². The van der Waals surface area contributed by atoms with Gasteiger partial charge in [0.2, 0.25) is 15.9 Å². The van der Waals surface area contributed by atoms with Gasteiger partial charge in [-0.15, -0.1) is 0 Å². The quantitative estimate of drug-likeness (QED) is 0.684. The Morgan fingerprint density at radius 1 is 0.955 bits per heavy atom. The van der Waals surface area contributed by atoms with Gasteiger partial charge in [0.15, 0.2) is 0 Å². The third-order valence-electron chi connectivity index (χ3n) is 4.30. The summed E-state index contributed by atoms with van der Waals surface area (Å²) in [5, 5.41) is 0. The van der Waals surface area contributed by atoms with Crippen LogP contribution in [0.15, 0.2) is 0 Å². The molecule has 2 aliphatic heterocycles. The van der Waals surface area contributed by atoms with Gasteiger partial charge >= 0.3 is 6.09 Å². The van der Waals surface area contributed by atoms with Gasteiger partial charge < -0.3 is 14.5 Å². The first-order valence-electron chi connectivity index (χ1n) is 7.39. The maximum absolute atomic E-state index is 12.5. The van der Waals surface area contributed by atoms with Crippen molar-refractivity contribution in [3.8, 4) is 0 Å². The summed E-state index contributed by atoms with van der Waals surface area (Å²) in [6, 6.07) is 0. The second kappa shape index (κ2) is 6.82. The van der Waals surface area contributed by atoms with Crippen LogP contribution in [0.4, 0.5) is 4.79 Å². The van der Waals surface area contributed by atoms with Crippen molar-refractivity contribution in [2.75, 3.05) is 52.6 Å². The average molecular weight is 333 g/mol. The van der Waals surface area contributed by atoms with E-state index in [0.29, 0.717) is 52.1 Å². The Morgan fingerprint density at radius 3 is 1.91 bits per heavy atom. The summed E-state index contributed by atoms with van der Waals surface area (Å²) in [4.78, 5) is 27.2. The van der Waals surface area contributed by atoms with Crippen molar-refractivity contribution in [1.82, 2.24) is 14.1 Å². The SMILES string of the molecule is COC(=O)N1CCN(C(=O)C2CCN(S(C)(=O)=O)CC2)CC1. The minimum atomic E-state index is -3.17. The van der Waals surface area contributed by atoms with E-state index in [2.05, 4.69) is 4.74 Å². The molecule has 8 nitrogen and oxygen atoms in total. The van der Waals surface area contributed by atoms with E-state index in [0.717, 1.165) is 0 Å². The highest BCUT2D eigenvalue weighted by molar-refractivity contribution is 7.88. The number of carbonyl (C=O) groups is 2. The highest BCUT2D eigenvalue weighted by Crippen LogP contribution is 2.22. The molecule has 2 saturated heterocycles. The van der Waals surface area contributed by atoms with Crippen LogP contribution in [-0.4, -0.2) is 87.2 Å². The Bertz CT molecular complexity index is 520. The molecule has 22 heavy (non-hydrogen) atoms. The van der Waals surface area contributed by atoms with Crippen LogP contribution in [0.2, 0.25) is 0 Å². The smallest absolute Gasteiger partial charge is 0.409 e. The molecule has 0 aromatic rings. The lowest BCUT2D eigenvalue weighted by Gasteiger charge is -2.37. The number of methoxy groups -OCH3 is 1. The molecule has 2 fully saturated rings. The van der Waals surface area contributed by atoms with E-state index in [1.165, 1.54) is 17.7 Å². The maximum atomic E-state index is 12.5. The van der Waals surface area contributed by atoms with Gasteiger partial charge in [-0.25, -0.2) is 17.5 Å². The van der Waals surface area contributed by atoms with Crippen LogP contribution in [0.5, 0.6) is 0 Å². The molecule has 0 aromatic carbocycles. The van der Waals surface area contributed by atoms with E-state index in [4.69, 9.17) is 0 Å². The van der Waals surface area contributed by atoms with E-state index < -0.39 is 10.0 Å². The molecular weight excluding hydrogens is 310 g/mol. The van der Waals surface area contributed by atoms with Crippen molar-refractivity contribution in [1.29, 1.82) is 0 Å². The fraction of sp³-hybridized carbons (Fsp3) is 0.846. The van der Waals surface area contributed by atoms with Crippen LogP contribution in [0.25, 0.3) is 0 Å². The minimum Gasteiger partial charge on any atom is -0.453 e. The van der Waals surface area contributed by atoms with E-state index in [-0.39, 0.29) is 17.9 Å². The maximum Gasteiger partial charge on any atom is 0.409 e. The van der Waals surface area contributed by atoms with E-state index >= 15 is 0 Å². The fourth-order valence-electron chi connectivity index (χ4n) is 2.93. The standard InChI is InChI=1S/C13H23N3O5S/c1-21-13(18)15-9-7-14(8-10-15)12(17)11-3-5-16(6-4-11)22(2,19)20/h11H,3-10H2,1-2H3. The highest BCUT2D eigenvalue weighted by Gasteiger charge is 2.33. The molecule has 2 heterocycles. The molecule has 126 valence electrons. The summed E-state index contributed by atoms with van der Waals surface area (Å²) in [5.74, 6) is -0.0552. The number of carbonyl (C=O) groups excluding carboxylic acids is 2. The topological polar surface area (TPSA) is 87.2 Å². The normalized spacial score (nSPS) is 21.7. The van der Waals surface area contributed by atoms with Crippen molar-refractivity contribution in [2.24, 2.45) is 5.92 Å².